The Morgan fingerprint density at radius 1 is 1.64 bits per heavy atom. The summed E-state index contributed by atoms with van der Waals surface area (Å²) in [5.74, 6) is 0.00192. The highest BCUT2D eigenvalue weighted by atomic mass is 19.1. The second-order valence-electron chi connectivity index (χ2n) is 4.12. The largest absolute Gasteiger partial charge is 0.385 e. The molecule has 0 aromatic heterocycles. The van der Waals surface area contributed by atoms with E-state index in [2.05, 4.69) is 6.92 Å². The summed E-state index contributed by atoms with van der Waals surface area (Å²) in [4.78, 5) is 0. The molecule has 0 saturated carbocycles. The van der Waals surface area contributed by atoms with Gasteiger partial charge in [-0.1, -0.05) is 19.9 Å². The highest BCUT2D eigenvalue weighted by Crippen LogP contribution is 2.46. The van der Waals surface area contributed by atoms with Gasteiger partial charge in [-0.25, -0.2) is 4.39 Å². The average Bonchev–Trinajstić information content (AvgIpc) is 2.40. The molecule has 1 N–H and O–H groups in total. The molecule has 1 nitrogen and oxygen atoms in total. The first kappa shape index (κ1) is 9.66. The Bertz CT molecular complexity index is 361. The van der Waals surface area contributed by atoms with Crippen molar-refractivity contribution in [2.75, 3.05) is 0 Å². The molecule has 0 bridgehead atoms. The van der Waals surface area contributed by atoms with Crippen molar-refractivity contribution < 1.29 is 9.50 Å². The predicted molar refractivity (Wildman–Crippen MR) is 53.3 cm³/mol. The molecule has 1 aliphatic rings. The van der Waals surface area contributed by atoms with Crippen molar-refractivity contribution in [3.05, 3.63) is 42.1 Å². The summed E-state index contributed by atoms with van der Waals surface area (Å²) in [5.41, 5.74) is 0.856. The predicted octanol–water partition coefficient (Wildman–Crippen LogP) is 2.74. The fraction of sp³-hybridized carbons (Fsp3) is 0.417. The van der Waals surface area contributed by atoms with Crippen LogP contribution < -0.4 is 0 Å². The first-order chi connectivity index (χ1) is 6.57. The lowest BCUT2D eigenvalue weighted by Crippen LogP contribution is -2.21. The van der Waals surface area contributed by atoms with Crippen LogP contribution in [0, 0.1) is 12.7 Å². The Kier molecular flexibility index (Phi) is 2.11. The molecule has 1 aliphatic carbocycles. The first-order valence-corrected chi connectivity index (χ1v) is 4.88. The average molecular weight is 193 g/mol. The molecule has 2 heteroatoms. The van der Waals surface area contributed by atoms with Crippen LogP contribution in [0.25, 0.3) is 0 Å². The van der Waals surface area contributed by atoms with E-state index in [9.17, 15) is 9.50 Å². The standard InChI is InChI=1S/C12H14FO/c1-3-12(14)7-8(2)10-5-4-9(13)6-11(10)12/h4-6,8,14H,1,3,7H2,2H3. The minimum atomic E-state index is -0.920. The third-order valence-electron chi connectivity index (χ3n) is 3.11. The molecule has 0 saturated heterocycles. The summed E-state index contributed by atoms with van der Waals surface area (Å²) >= 11 is 0. The molecule has 2 atom stereocenters. The zero-order valence-electron chi connectivity index (χ0n) is 8.26. The van der Waals surface area contributed by atoms with Gasteiger partial charge in [0.15, 0.2) is 0 Å². The Morgan fingerprint density at radius 3 is 3.00 bits per heavy atom. The SMILES string of the molecule is [CH2]CC1(O)CC(C)c2ccc(F)cc21. The molecule has 0 aliphatic heterocycles. The van der Waals surface area contributed by atoms with Crippen LogP contribution in [-0.2, 0) is 5.60 Å². The zero-order valence-corrected chi connectivity index (χ0v) is 8.26. The lowest BCUT2D eigenvalue weighted by atomic mass is 9.93. The summed E-state index contributed by atoms with van der Waals surface area (Å²) in [5, 5.41) is 10.2. The maximum Gasteiger partial charge on any atom is 0.123 e. The van der Waals surface area contributed by atoms with Crippen LogP contribution in [0.2, 0.25) is 0 Å². The van der Waals surface area contributed by atoms with Gasteiger partial charge in [0, 0.05) is 0 Å². The molecular formula is C12H14FO. The molecule has 0 amide bonds. The molecule has 0 fully saturated rings. The van der Waals surface area contributed by atoms with Gasteiger partial charge >= 0.3 is 0 Å². The topological polar surface area (TPSA) is 20.2 Å². The number of aliphatic hydroxyl groups is 1. The van der Waals surface area contributed by atoms with E-state index in [-0.39, 0.29) is 11.7 Å². The Hall–Kier alpha value is -0.890. The summed E-state index contributed by atoms with van der Waals surface area (Å²) in [6.45, 7) is 5.78. The summed E-state index contributed by atoms with van der Waals surface area (Å²) in [6, 6.07) is 4.65. The lowest BCUT2D eigenvalue weighted by Gasteiger charge is -2.21. The van der Waals surface area contributed by atoms with Gasteiger partial charge in [-0.15, -0.1) is 0 Å². The second kappa shape index (κ2) is 3.06. The van der Waals surface area contributed by atoms with E-state index in [1.54, 1.807) is 6.07 Å². The maximum absolute atomic E-state index is 13.0. The third kappa shape index (κ3) is 1.25. The number of hydrogen-bond acceptors (Lipinski definition) is 1. The van der Waals surface area contributed by atoms with E-state index in [1.165, 1.54) is 12.1 Å². The Labute approximate surface area is 83.6 Å². The molecule has 2 unspecified atom stereocenters. The molecular weight excluding hydrogens is 179 g/mol. The van der Waals surface area contributed by atoms with Crippen LogP contribution in [0.15, 0.2) is 18.2 Å². The lowest BCUT2D eigenvalue weighted by molar-refractivity contribution is 0.0367. The minimum absolute atomic E-state index is 0.287. The van der Waals surface area contributed by atoms with Gasteiger partial charge in [0.2, 0.25) is 0 Å². The van der Waals surface area contributed by atoms with Gasteiger partial charge in [0.1, 0.15) is 5.82 Å². The van der Waals surface area contributed by atoms with Crippen molar-refractivity contribution in [2.24, 2.45) is 0 Å². The first-order valence-electron chi connectivity index (χ1n) is 4.88. The quantitative estimate of drug-likeness (QED) is 0.727. The van der Waals surface area contributed by atoms with Crippen molar-refractivity contribution in [3.63, 3.8) is 0 Å². The molecule has 0 heterocycles. The normalized spacial score (nSPS) is 30.4. The Balaban J connectivity index is 2.56. The van der Waals surface area contributed by atoms with Crippen LogP contribution >= 0.6 is 0 Å². The van der Waals surface area contributed by atoms with E-state index < -0.39 is 5.60 Å². The number of hydrogen-bond donors (Lipinski definition) is 1. The van der Waals surface area contributed by atoms with Crippen LogP contribution in [0.3, 0.4) is 0 Å². The van der Waals surface area contributed by atoms with Gasteiger partial charge in [0.25, 0.3) is 0 Å². The minimum Gasteiger partial charge on any atom is -0.385 e. The summed E-state index contributed by atoms with van der Waals surface area (Å²) in [7, 11) is 0. The molecule has 0 spiro atoms. The number of benzene rings is 1. The monoisotopic (exact) mass is 193 g/mol. The molecule has 1 aromatic rings. The summed E-state index contributed by atoms with van der Waals surface area (Å²) in [6.07, 6.45) is 1.04. The number of halogens is 1. The van der Waals surface area contributed by atoms with E-state index >= 15 is 0 Å². The number of fused-ring (bicyclic) bond motifs is 1. The van der Waals surface area contributed by atoms with Crippen molar-refractivity contribution in [1.29, 1.82) is 0 Å². The van der Waals surface area contributed by atoms with Gasteiger partial charge in [-0.05, 0) is 42.0 Å². The molecule has 1 radical (unpaired) electrons. The second-order valence-corrected chi connectivity index (χ2v) is 4.12. The van der Waals surface area contributed by atoms with E-state index in [0.717, 1.165) is 11.1 Å². The Morgan fingerprint density at radius 2 is 2.36 bits per heavy atom. The van der Waals surface area contributed by atoms with Gasteiger partial charge in [0.05, 0.1) is 5.60 Å². The van der Waals surface area contributed by atoms with Gasteiger partial charge in [-0.2, -0.15) is 0 Å². The maximum atomic E-state index is 13.0. The van der Waals surface area contributed by atoms with Crippen molar-refractivity contribution in [1.82, 2.24) is 0 Å². The van der Waals surface area contributed by atoms with E-state index in [1.807, 2.05) is 6.92 Å². The fourth-order valence-electron chi connectivity index (χ4n) is 2.32. The van der Waals surface area contributed by atoms with E-state index in [4.69, 9.17) is 0 Å². The molecule has 75 valence electrons. The van der Waals surface area contributed by atoms with Crippen LogP contribution in [-0.4, -0.2) is 5.11 Å². The van der Waals surface area contributed by atoms with Crippen LogP contribution in [0.5, 0.6) is 0 Å². The van der Waals surface area contributed by atoms with Crippen molar-refractivity contribution >= 4 is 0 Å². The van der Waals surface area contributed by atoms with Gasteiger partial charge < -0.3 is 5.11 Å². The van der Waals surface area contributed by atoms with Crippen molar-refractivity contribution in [2.45, 2.75) is 31.3 Å². The van der Waals surface area contributed by atoms with Crippen molar-refractivity contribution in [3.8, 4) is 0 Å². The summed E-state index contributed by atoms with van der Waals surface area (Å²) < 4.78 is 13.0. The van der Waals surface area contributed by atoms with Gasteiger partial charge in [-0.3, -0.25) is 0 Å². The number of rotatable bonds is 1. The highest BCUT2D eigenvalue weighted by Gasteiger charge is 2.39. The third-order valence-corrected chi connectivity index (χ3v) is 3.11. The molecule has 1 aromatic carbocycles. The molecule has 14 heavy (non-hydrogen) atoms. The van der Waals surface area contributed by atoms with Crippen LogP contribution in [0.1, 0.15) is 36.8 Å². The molecule has 2 rings (SSSR count). The van der Waals surface area contributed by atoms with E-state index in [0.29, 0.717) is 12.8 Å². The zero-order chi connectivity index (χ0) is 10.3. The fourth-order valence-corrected chi connectivity index (χ4v) is 2.32. The smallest absolute Gasteiger partial charge is 0.123 e. The van der Waals surface area contributed by atoms with Crippen LogP contribution in [0.4, 0.5) is 4.39 Å². The highest BCUT2D eigenvalue weighted by molar-refractivity contribution is 5.40.